The van der Waals surface area contributed by atoms with Gasteiger partial charge < -0.3 is 10.6 Å². The third-order valence-corrected chi connectivity index (χ3v) is 3.90. The number of nitrogens with one attached hydrogen (secondary N) is 2. The maximum Gasteiger partial charge on any atom is 0.269 e. The number of aliphatic imine (C=N–C) groups is 1. The van der Waals surface area contributed by atoms with E-state index in [1.54, 1.807) is 18.2 Å². The summed E-state index contributed by atoms with van der Waals surface area (Å²) in [5, 5.41) is 17.1. The predicted molar refractivity (Wildman–Crippen MR) is 101 cm³/mol. The van der Waals surface area contributed by atoms with Crippen LogP contribution in [0.3, 0.4) is 0 Å². The van der Waals surface area contributed by atoms with Crippen LogP contribution in [0, 0.1) is 22.9 Å². The van der Waals surface area contributed by atoms with Gasteiger partial charge >= 0.3 is 0 Å². The summed E-state index contributed by atoms with van der Waals surface area (Å²) < 4.78 is 13.1. The highest BCUT2D eigenvalue weighted by Gasteiger charge is 2.04. The maximum absolute atomic E-state index is 13.1. The summed E-state index contributed by atoms with van der Waals surface area (Å²) >= 11 is 0. The van der Waals surface area contributed by atoms with Crippen molar-refractivity contribution < 1.29 is 9.31 Å². The Hall–Kier alpha value is -2.96. The van der Waals surface area contributed by atoms with E-state index in [9.17, 15) is 14.5 Å². The number of non-ortho nitro benzene ring substituents is 1. The smallest absolute Gasteiger partial charge is 0.269 e. The van der Waals surface area contributed by atoms with E-state index < -0.39 is 4.92 Å². The molecule has 0 aliphatic heterocycles. The molecule has 26 heavy (non-hydrogen) atoms. The summed E-state index contributed by atoms with van der Waals surface area (Å²) in [7, 11) is 0. The van der Waals surface area contributed by atoms with E-state index in [0.29, 0.717) is 19.0 Å². The maximum atomic E-state index is 13.1. The van der Waals surface area contributed by atoms with Crippen LogP contribution in [0.2, 0.25) is 0 Å². The summed E-state index contributed by atoms with van der Waals surface area (Å²) in [6, 6.07) is 11.2. The fourth-order valence-corrected chi connectivity index (χ4v) is 2.49. The minimum absolute atomic E-state index is 0.0671. The van der Waals surface area contributed by atoms with Gasteiger partial charge in [0.1, 0.15) is 5.82 Å². The minimum Gasteiger partial charge on any atom is -0.357 e. The van der Waals surface area contributed by atoms with Crippen LogP contribution in [-0.4, -0.2) is 24.0 Å². The number of hydrogen-bond donors (Lipinski definition) is 2. The second-order valence-corrected chi connectivity index (χ2v) is 5.87. The summed E-state index contributed by atoms with van der Waals surface area (Å²) in [4.78, 5) is 14.7. The molecular weight excluding hydrogens is 335 g/mol. The molecule has 0 saturated heterocycles. The highest BCUT2D eigenvalue weighted by atomic mass is 19.1. The van der Waals surface area contributed by atoms with Gasteiger partial charge in [0.2, 0.25) is 0 Å². The van der Waals surface area contributed by atoms with E-state index in [-0.39, 0.29) is 11.5 Å². The molecule has 0 atom stereocenters. The zero-order chi connectivity index (χ0) is 18.9. The Balaban J connectivity index is 1.92. The predicted octanol–water partition coefficient (Wildman–Crippen LogP) is 3.34. The largest absolute Gasteiger partial charge is 0.357 e. The number of guanidine groups is 1. The van der Waals surface area contributed by atoms with Gasteiger partial charge in [-0.2, -0.15) is 0 Å². The molecule has 7 heteroatoms. The van der Waals surface area contributed by atoms with Gasteiger partial charge in [0.25, 0.3) is 5.69 Å². The third kappa shape index (κ3) is 5.84. The van der Waals surface area contributed by atoms with Crippen molar-refractivity contribution in [1.29, 1.82) is 0 Å². The molecule has 0 aliphatic carbocycles. The van der Waals surface area contributed by atoms with Crippen LogP contribution >= 0.6 is 0 Å². The van der Waals surface area contributed by atoms with Crippen LogP contribution in [0.4, 0.5) is 10.1 Å². The normalized spacial score (nSPS) is 11.3. The number of nitro groups is 1. The fourth-order valence-electron chi connectivity index (χ4n) is 2.49. The molecule has 0 spiro atoms. The van der Waals surface area contributed by atoms with E-state index in [4.69, 9.17) is 0 Å². The molecule has 0 saturated carbocycles. The molecule has 0 fully saturated rings. The second-order valence-electron chi connectivity index (χ2n) is 5.87. The van der Waals surface area contributed by atoms with Gasteiger partial charge in [-0.3, -0.25) is 10.1 Å². The molecule has 0 heterocycles. The van der Waals surface area contributed by atoms with Crippen molar-refractivity contribution in [3.8, 4) is 0 Å². The highest BCUT2D eigenvalue weighted by molar-refractivity contribution is 5.79. The lowest BCUT2D eigenvalue weighted by Gasteiger charge is -2.12. The Bertz CT molecular complexity index is 776. The Morgan fingerprint density at radius 3 is 2.54 bits per heavy atom. The summed E-state index contributed by atoms with van der Waals surface area (Å²) in [5.74, 6) is 0.447. The Morgan fingerprint density at radius 2 is 1.92 bits per heavy atom. The van der Waals surface area contributed by atoms with Gasteiger partial charge in [-0.05, 0) is 49.1 Å². The van der Waals surface area contributed by atoms with Gasteiger partial charge in [0.15, 0.2) is 5.96 Å². The second kappa shape index (κ2) is 9.50. The molecule has 0 aliphatic rings. The molecule has 0 bridgehead atoms. The standard InChI is InChI=1S/C19H23FN4O2/c1-3-21-19(22-11-10-16-6-7-17(20)12-14(16)2)23-13-15-4-8-18(9-5-15)24(25)26/h4-9,12H,3,10-11,13H2,1-2H3,(H2,21,22,23). The Kier molecular flexibility index (Phi) is 7.08. The number of halogens is 1. The van der Waals surface area contributed by atoms with E-state index in [1.165, 1.54) is 24.3 Å². The fraction of sp³-hybridized carbons (Fsp3) is 0.316. The van der Waals surface area contributed by atoms with Crippen molar-refractivity contribution in [3.63, 3.8) is 0 Å². The number of hydrogen-bond acceptors (Lipinski definition) is 3. The number of nitro benzene ring substituents is 1. The molecular formula is C19H23FN4O2. The molecule has 0 aromatic heterocycles. The first-order valence-corrected chi connectivity index (χ1v) is 8.50. The Morgan fingerprint density at radius 1 is 1.19 bits per heavy atom. The number of nitrogens with zero attached hydrogens (tertiary/aromatic N) is 2. The van der Waals surface area contributed by atoms with Crippen molar-refractivity contribution in [2.45, 2.75) is 26.8 Å². The van der Waals surface area contributed by atoms with Gasteiger partial charge in [0.05, 0.1) is 11.5 Å². The van der Waals surface area contributed by atoms with Gasteiger partial charge in [-0.1, -0.05) is 18.2 Å². The molecule has 0 radical (unpaired) electrons. The van der Waals surface area contributed by atoms with E-state index in [0.717, 1.165) is 29.7 Å². The first-order chi connectivity index (χ1) is 12.5. The molecule has 6 nitrogen and oxygen atoms in total. The number of rotatable bonds is 7. The SMILES string of the molecule is CCNC(=NCc1ccc([N+](=O)[O-])cc1)NCCc1ccc(F)cc1C. The molecule has 0 amide bonds. The monoisotopic (exact) mass is 358 g/mol. The van der Waals surface area contributed by atoms with Crippen molar-refractivity contribution >= 4 is 11.6 Å². The topological polar surface area (TPSA) is 79.6 Å². The van der Waals surface area contributed by atoms with E-state index >= 15 is 0 Å². The summed E-state index contributed by atoms with van der Waals surface area (Å²) in [5.41, 5.74) is 2.98. The van der Waals surface area contributed by atoms with Crippen LogP contribution in [0.25, 0.3) is 0 Å². The van der Waals surface area contributed by atoms with Gasteiger partial charge in [-0.15, -0.1) is 0 Å². The van der Waals surface area contributed by atoms with Crippen LogP contribution in [0.15, 0.2) is 47.5 Å². The molecule has 2 rings (SSSR count). The molecule has 138 valence electrons. The minimum atomic E-state index is -0.421. The zero-order valence-corrected chi connectivity index (χ0v) is 15.0. The average molecular weight is 358 g/mol. The number of benzene rings is 2. The lowest BCUT2D eigenvalue weighted by Crippen LogP contribution is -2.38. The van der Waals surface area contributed by atoms with Gasteiger partial charge in [-0.25, -0.2) is 9.38 Å². The van der Waals surface area contributed by atoms with Crippen LogP contribution in [-0.2, 0) is 13.0 Å². The van der Waals surface area contributed by atoms with Crippen molar-refractivity contribution in [3.05, 3.63) is 75.1 Å². The first-order valence-electron chi connectivity index (χ1n) is 8.50. The number of aryl methyl sites for hydroxylation is 1. The van der Waals surface area contributed by atoms with Crippen LogP contribution < -0.4 is 10.6 Å². The van der Waals surface area contributed by atoms with Crippen molar-refractivity contribution in [1.82, 2.24) is 10.6 Å². The lowest BCUT2D eigenvalue weighted by molar-refractivity contribution is -0.384. The molecule has 2 aromatic rings. The van der Waals surface area contributed by atoms with E-state index in [2.05, 4.69) is 15.6 Å². The van der Waals surface area contributed by atoms with Crippen LogP contribution in [0.1, 0.15) is 23.6 Å². The molecule has 2 N–H and O–H groups in total. The first kappa shape index (κ1) is 19.4. The summed E-state index contributed by atoms with van der Waals surface area (Å²) in [6.07, 6.45) is 0.758. The Labute approximate surface area is 152 Å². The zero-order valence-electron chi connectivity index (χ0n) is 15.0. The highest BCUT2D eigenvalue weighted by Crippen LogP contribution is 2.12. The summed E-state index contributed by atoms with van der Waals surface area (Å²) in [6.45, 7) is 5.68. The van der Waals surface area contributed by atoms with Crippen LogP contribution in [0.5, 0.6) is 0 Å². The van der Waals surface area contributed by atoms with Gasteiger partial charge in [0, 0.05) is 25.2 Å². The van der Waals surface area contributed by atoms with Crippen molar-refractivity contribution in [2.75, 3.05) is 13.1 Å². The lowest BCUT2D eigenvalue weighted by atomic mass is 10.1. The van der Waals surface area contributed by atoms with Crippen molar-refractivity contribution in [2.24, 2.45) is 4.99 Å². The molecule has 0 unspecified atom stereocenters. The molecule has 2 aromatic carbocycles. The quantitative estimate of drug-likeness (QED) is 0.344. The average Bonchev–Trinajstić information content (AvgIpc) is 2.61. The van der Waals surface area contributed by atoms with E-state index in [1.807, 2.05) is 13.8 Å². The third-order valence-electron chi connectivity index (χ3n) is 3.90.